The molecule has 0 aromatic carbocycles. The molecular formula is C8H12N2O2. The van der Waals surface area contributed by atoms with Crippen molar-refractivity contribution in [1.29, 1.82) is 0 Å². The first-order chi connectivity index (χ1) is 5.70. The molecule has 0 fully saturated rings. The molecule has 0 aliphatic carbocycles. The zero-order chi connectivity index (χ0) is 9.40. The van der Waals surface area contributed by atoms with Gasteiger partial charge in [0.25, 0.3) is 0 Å². The molecule has 0 aliphatic heterocycles. The van der Waals surface area contributed by atoms with Crippen molar-refractivity contribution >= 4 is 11.7 Å². The van der Waals surface area contributed by atoms with Gasteiger partial charge in [-0.15, -0.1) is 0 Å². The third-order valence-corrected chi connectivity index (χ3v) is 0.916. The van der Waals surface area contributed by atoms with Crippen LogP contribution in [0.5, 0.6) is 0 Å². The molecule has 12 heavy (non-hydrogen) atoms. The highest BCUT2D eigenvalue weighted by molar-refractivity contribution is 6.03. The quantitative estimate of drug-likeness (QED) is 0.467. The lowest BCUT2D eigenvalue weighted by Gasteiger charge is -1.98. The fourth-order valence-corrected chi connectivity index (χ4v) is 0.560. The Morgan fingerprint density at radius 2 is 2.42 bits per heavy atom. The normalized spacial score (nSPS) is 11.7. The van der Waals surface area contributed by atoms with Crippen LogP contribution in [-0.4, -0.2) is 23.5 Å². The number of hydrogen-bond donors (Lipinski definition) is 2. The standard InChI is InChI=1S/C8H12N2O2/c1-3-9-8(5-4-6-11)10-7(2)12/h3-5,11H,1,6H2,2H3,(H,9,10,12)/b5-4+. The Morgan fingerprint density at radius 3 is 2.83 bits per heavy atom. The molecule has 0 atom stereocenters. The van der Waals surface area contributed by atoms with Crippen LogP contribution in [0.15, 0.2) is 29.9 Å². The predicted molar refractivity (Wildman–Crippen MR) is 47.7 cm³/mol. The van der Waals surface area contributed by atoms with Gasteiger partial charge in [-0.25, -0.2) is 4.99 Å². The summed E-state index contributed by atoms with van der Waals surface area (Å²) in [7, 11) is 0. The van der Waals surface area contributed by atoms with Gasteiger partial charge in [0.2, 0.25) is 5.91 Å². The maximum atomic E-state index is 10.6. The van der Waals surface area contributed by atoms with Crippen LogP contribution in [-0.2, 0) is 4.79 Å². The molecule has 0 rings (SSSR count). The monoisotopic (exact) mass is 168 g/mol. The molecule has 0 aromatic heterocycles. The van der Waals surface area contributed by atoms with E-state index in [-0.39, 0.29) is 12.5 Å². The number of nitrogens with one attached hydrogen (secondary N) is 1. The number of rotatable bonds is 3. The first-order valence-corrected chi connectivity index (χ1v) is 3.44. The minimum atomic E-state index is -0.210. The Labute approximate surface area is 71.3 Å². The molecule has 4 nitrogen and oxygen atoms in total. The smallest absolute Gasteiger partial charge is 0.222 e. The van der Waals surface area contributed by atoms with Crippen LogP contribution >= 0.6 is 0 Å². The Balaban J connectivity index is 4.23. The average Bonchev–Trinajstić information content (AvgIpc) is 2.00. The second kappa shape index (κ2) is 6.30. The van der Waals surface area contributed by atoms with Crippen LogP contribution in [0.25, 0.3) is 0 Å². The van der Waals surface area contributed by atoms with E-state index < -0.39 is 0 Å². The highest BCUT2D eigenvalue weighted by Gasteiger charge is 1.93. The summed E-state index contributed by atoms with van der Waals surface area (Å²) in [5.74, 6) is 0.157. The van der Waals surface area contributed by atoms with Gasteiger partial charge in [-0.1, -0.05) is 12.7 Å². The summed E-state index contributed by atoms with van der Waals surface area (Å²) in [5.41, 5.74) is 0. The van der Waals surface area contributed by atoms with E-state index in [0.29, 0.717) is 5.84 Å². The van der Waals surface area contributed by atoms with Gasteiger partial charge in [-0.05, 0) is 6.08 Å². The summed E-state index contributed by atoms with van der Waals surface area (Å²) >= 11 is 0. The van der Waals surface area contributed by atoms with Crippen LogP contribution < -0.4 is 5.32 Å². The van der Waals surface area contributed by atoms with Gasteiger partial charge in [0, 0.05) is 13.1 Å². The van der Waals surface area contributed by atoms with Crippen molar-refractivity contribution in [2.45, 2.75) is 6.92 Å². The summed E-state index contributed by atoms with van der Waals surface area (Å²) in [6, 6.07) is 0. The van der Waals surface area contributed by atoms with Crippen molar-refractivity contribution in [2.24, 2.45) is 4.99 Å². The molecule has 1 amide bonds. The summed E-state index contributed by atoms with van der Waals surface area (Å²) in [4.78, 5) is 14.3. The lowest BCUT2D eigenvalue weighted by molar-refractivity contribution is -0.117. The Hall–Kier alpha value is -1.42. The van der Waals surface area contributed by atoms with Gasteiger partial charge in [0.1, 0.15) is 5.84 Å². The largest absolute Gasteiger partial charge is 0.392 e. The highest BCUT2D eigenvalue weighted by atomic mass is 16.2. The minimum Gasteiger partial charge on any atom is -0.392 e. The first-order valence-electron chi connectivity index (χ1n) is 3.44. The van der Waals surface area contributed by atoms with Crippen LogP contribution in [0.1, 0.15) is 6.92 Å². The number of carbonyl (C=O) groups is 1. The average molecular weight is 168 g/mol. The molecule has 0 aliphatic rings. The van der Waals surface area contributed by atoms with E-state index in [4.69, 9.17) is 5.11 Å². The van der Waals surface area contributed by atoms with Crippen molar-refractivity contribution in [3.63, 3.8) is 0 Å². The van der Waals surface area contributed by atoms with Gasteiger partial charge in [0.05, 0.1) is 6.61 Å². The Bertz CT molecular complexity index is 219. The van der Waals surface area contributed by atoms with Gasteiger partial charge < -0.3 is 10.4 Å². The third kappa shape index (κ3) is 5.37. The van der Waals surface area contributed by atoms with Gasteiger partial charge in [-0.3, -0.25) is 4.79 Å². The summed E-state index contributed by atoms with van der Waals surface area (Å²) in [5, 5.41) is 10.9. The molecule has 2 N–H and O–H groups in total. The van der Waals surface area contributed by atoms with Crippen molar-refractivity contribution in [3.05, 3.63) is 24.9 Å². The van der Waals surface area contributed by atoms with Crippen molar-refractivity contribution < 1.29 is 9.90 Å². The van der Waals surface area contributed by atoms with Crippen LogP contribution in [0.3, 0.4) is 0 Å². The second-order valence-corrected chi connectivity index (χ2v) is 1.96. The van der Waals surface area contributed by atoms with E-state index in [1.54, 1.807) is 0 Å². The first kappa shape index (κ1) is 10.6. The zero-order valence-electron chi connectivity index (χ0n) is 6.95. The number of aliphatic hydroxyl groups excluding tert-OH is 1. The molecular weight excluding hydrogens is 156 g/mol. The fraction of sp³-hybridized carbons (Fsp3) is 0.250. The molecule has 0 aromatic rings. The molecule has 0 heterocycles. The number of amides is 1. The maximum absolute atomic E-state index is 10.6. The lowest BCUT2D eigenvalue weighted by atomic mass is 10.4. The van der Waals surface area contributed by atoms with E-state index in [1.165, 1.54) is 25.3 Å². The predicted octanol–water partition coefficient (Wildman–Crippen LogP) is 0.213. The molecule has 0 bridgehead atoms. The maximum Gasteiger partial charge on any atom is 0.222 e. The van der Waals surface area contributed by atoms with Crippen LogP contribution in [0, 0.1) is 0 Å². The summed E-state index contributed by atoms with van der Waals surface area (Å²) in [6.07, 6.45) is 4.29. The van der Waals surface area contributed by atoms with Gasteiger partial charge in [-0.2, -0.15) is 0 Å². The van der Waals surface area contributed by atoms with Crippen LogP contribution in [0.4, 0.5) is 0 Å². The number of aliphatic imine (C=N–C) groups is 1. The third-order valence-electron chi connectivity index (χ3n) is 0.916. The summed E-state index contributed by atoms with van der Waals surface area (Å²) < 4.78 is 0. The fourth-order valence-electron chi connectivity index (χ4n) is 0.560. The van der Waals surface area contributed by atoms with E-state index >= 15 is 0 Å². The lowest BCUT2D eigenvalue weighted by Crippen LogP contribution is -2.26. The topological polar surface area (TPSA) is 61.7 Å². The Morgan fingerprint density at radius 1 is 1.75 bits per heavy atom. The molecule has 0 unspecified atom stereocenters. The number of aliphatic hydroxyl groups is 1. The van der Waals surface area contributed by atoms with E-state index in [1.807, 2.05) is 0 Å². The second-order valence-electron chi connectivity index (χ2n) is 1.96. The number of carbonyl (C=O) groups excluding carboxylic acids is 1. The molecule has 0 saturated carbocycles. The number of hydrogen-bond acceptors (Lipinski definition) is 3. The summed E-state index contributed by atoms with van der Waals surface area (Å²) in [6.45, 7) is 4.67. The zero-order valence-corrected chi connectivity index (χ0v) is 6.95. The number of amidine groups is 1. The SMILES string of the molecule is C=CN=C(/C=C/CO)NC(C)=O. The van der Waals surface area contributed by atoms with Crippen molar-refractivity contribution in [2.75, 3.05) is 6.61 Å². The van der Waals surface area contributed by atoms with Gasteiger partial charge >= 0.3 is 0 Å². The van der Waals surface area contributed by atoms with Crippen molar-refractivity contribution in [1.82, 2.24) is 5.32 Å². The van der Waals surface area contributed by atoms with E-state index in [0.717, 1.165) is 0 Å². The molecule has 0 spiro atoms. The molecule has 0 saturated heterocycles. The van der Waals surface area contributed by atoms with Gasteiger partial charge in [0.15, 0.2) is 0 Å². The minimum absolute atomic E-state index is 0.0876. The molecule has 0 radical (unpaired) electrons. The number of nitrogens with zero attached hydrogens (tertiary/aromatic N) is 1. The van der Waals surface area contributed by atoms with E-state index in [9.17, 15) is 4.79 Å². The Kier molecular flexibility index (Phi) is 5.55. The molecule has 66 valence electrons. The van der Waals surface area contributed by atoms with E-state index in [2.05, 4.69) is 16.9 Å². The molecule has 4 heteroatoms. The van der Waals surface area contributed by atoms with Crippen LogP contribution in [0.2, 0.25) is 0 Å². The van der Waals surface area contributed by atoms with Crippen molar-refractivity contribution in [3.8, 4) is 0 Å². The highest BCUT2D eigenvalue weighted by Crippen LogP contribution is 1.80.